The van der Waals surface area contributed by atoms with Gasteiger partial charge >= 0.3 is 0 Å². The summed E-state index contributed by atoms with van der Waals surface area (Å²) in [4.78, 5) is 0. The number of rotatable bonds is 7. The molecular weight excluding hydrogens is 180 g/mol. The van der Waals surface area contributed by atoms with Gasteiger partial charge in [-0.15, -0.1) is 6.58 Å². The van der Waals surface area contributed by atoms with Crippen LogP contribution < -0.4 is 0 Å². The predicted molar refractivity (Wildman–Crippen MR) is 71.1 cm³/mol. The third kappa shape index (κ3) is 9.52. The quantitative estimate of drug-likeness (QED) is 0.487. The topological polar surface area (TPSA) is 0 Å². The summed E-state index contributed by atoms with van der Waals surface area (Å²) in [6, 6.07) is 0. The predicted octanol–water partition coefficient (Wildman–Crippen LogP) is 5.43. The molecule has 0 saturated carbocycles. The maximum atomic E-state index is 3.96. The molecule has 0 fully saturated rings. The highest BCUT2D eigenvalue weighted by molar-refractivity contribution is 5.11. The van der Waals surface area contributed by atoms with E-state index < -0.39 is 0 Å². The second kappa shape index (κ2) is 8.52. The second-order valence-electron chi connectivity index (χ2n) is 4.59. The van der Waals surface area contributed by atoms with Crippen molar-refractivity contribution in [3.63, 3.8) is 0 Å². The summed E-state index contributed by atoms with van der Waals surface area (Å²) in [5.74, 6) is 0. The lowest BCUT2D eigenvalue weighted by Gasteiger charge is -2.05. The molecule has 0 aliphatic heterocycles. The largest absolute Gasteiger partial charge is 0.100 e. The summed E-state index contributed by atoms with van der Waals surface area (Å²) in [5.41, 5.74) is 4.27. The first-order chi connectivity index (χ1) is 7.06. The van der Waals surface area contributed by atoms with Crippen LogP contribution in [0.15, 0.2) is 35.5 Å². The van der Waals surface area contributed by atoms with E-state index in [1.807, 2.05) is 0 Å². The Hall–Kier alpha value is -0.780. The minimum atomic E-state index is 1.12. The zero-order valence-electron chi connectivity index (χ0n) is 10.9. The van der Waals surface area contributed by atoms with Crippen LogP contribution in [-0.4, -0.2) is 0 Å². The van der Waals surface area contributed by atoms with Crippen LogP contribution in [0.25, 0.3) is 0 Å². The fraction of sp³-hybridized carbons (Fsp3) is 0.600. The highest BCUT2D eigenvalue weighted by Gasteiger charge is 1.96. The minimum Gasteiger partial charge on any atom is -0.100 e. The van der Waals surface area contributed by atoms with Gasteiger partial charge in [0.2, 0.25) is 0 Å². The first-order valence-electron chi connectivity index (χ1n) is 6.02. The van der Waals surface area contributed by atoms with Crippen LogP contribution in [0, 0.1) is 0 Å². The first-order valence-corrected chi connectivity index (χ1v) is 6.02. The Morgan fingerprint density at radius 1 is 1.07 bits per heavy atom. The monoisotopic (exact) mass is 206 g/mol. The first kappa shape index (κ1) is 14.2. The van der Waals surface area contributed by atoms with E-state index in [4.69, 9.17) is 0 Å². The highest BCUT2D eigenvalue weighted by atomic mass is 14.0. The molecule has 86 valence electrons. The molecule has 0 nitrogen and oxygen atoms in total. The number of hydrogen-bond acceptors (Lipinski definition) is 0. The van der Waals surface area contributed by atoms with Gasteiger partial charge in [0.05, 0.1) is 0 Å². The fourth-order valence-corrected chi connectivity index (χ4v) is 1.35. The van der Waals surface area contributed by atoms with Crippen LogP contribution in [-0.2, 0) is 0 Å². The van der Waals surface area contributed by atoms with E-state index in [1.165, 1.54) is 30.4 Å². The lowest BCUT2D eigenvalue weighted by Crippen LogP contribution is -1.85. The van der Waals surface area contributed by atoms with Crippen LogP contribution in [0.1, 0.15) is 59.8 Å². The van der Waals surface area contributed by atoms with E-state index in [0.717, 1.165) is 12.8 Å². The molecular formula is C15H26. The Morgan fingerprint density at radius 3 is 2.20 bits per heavy atom. The summed E-state index contributed by atoms with van der Waals surface area (Å²) in [6.45, 7) is 12.6. The Balaban J connectivity index is 4.18. The molecule has 0 atom stereocenters. The molecule has 15 heavy (non-hydrogen) atoms. The molecule has 0 N–H and O–H groups in total. The number of allylic oxidation sites excluding steroid dienone is 5. The van der Waals surface area contributed by atoms with E-state index in [-0.39, 0.29) is 0 Å². The van der Waals surface area contributed by atoms with Crippen LogP contribution in [0.2, 0.25) is 0 Å². The van der Waals surface area contributed by atoms with Crippen LogP contribution in [0.4, 0.5) is 0 Å². The van der Waals surface area contributed by atoms with Crippen LogP contribution >= 0.6 is 0 Å². The van der Waals surface area contributed by atoms with Crippen molar-refractivity contribution >= 4 is 0 Å². The molecule has 0 aliphatic rings. The average Bonchev–Trinajstić information content (AvgIpc) is 2.16. The van der Waals surface area contributed by atoms with E-state index in [1.54, 1.807) is 5.57 Å². The lowest BCUT2D eigenvalue weighted by atomic mass is 10.0. The van der Waals surface area contributed by atoms with Gasteiger partial charge in [0.1, 0.15) is 0 Å². The van der Waals surface area contributed by atoms with E-state index in [9.17, 15) is 0 Å². The third-order valence-electron chi connectivity index (χ3n) is 2.37. The minimum absolute atomic E-state index is 1.12. The number of unbranched alkanes of at least 4 members (excludes halogenated alkanes) is 1. The zero-order chi connectivity index (χ0) is 11.7. The molecule has 0 unspecified atom stereocenters. The summed E-state index contributed by atoms with van der Waals surface area (Å²) < 4.78 is 0. The number of hydrogen-bond donors (Lipinski definition) is 0. The normalized spacial score (nSPS) is 11.3. The van der Waals surface area contributed by atoms with Gasteiger partial charge in [0, 0.05) is 0 Å². The molecule has 0 heterocycles. The Bertz CT molecular complexity index is 237. The second-order valence-corrected chi connectivity index (χ2v) is 4.59. The zero-order valence-corrected chi connectivity index (χ0v) is 10.9. The van der Waals surface area contributed by atoms with Gasteiger partial charge in [0.25, 0.3) is 0 Å². The van der Waals surface area contributed by atoms with Crippen LogP contribution in [0.3, 0.4) is 0 Å². The van der Waals surface area contributed by atoms with Crippen molar-refractivity contribution < 1.29 is 0 Å². The van der Waals surface area contributed by atoms with Crippen molar-refractivity contribution in [3.8, 4) is 0 Å². The Morgan fingerprint density at radius 2 is 1.73 bits per heavy atom. The van der Waals surface area contributed by atoms with Crippen LogP contribution in [0.5, 0.6) is 0 Å². The van der Waals surface area contributed by atoms with Gasteiger partial charge in [-0.3, -0.25) is 0 Å². The smallest absolute Gasteiger partial charge is 0.0136 e. The molecule has 0 aromatic heterocycles. The third-order valence-corrected chi connectivity index (χ3v) is 2.37. The summed E-state index contributed by atoms with van der Waals surface area (Å²) in [7, 11) is 0. The molecule has 0 aliphatic carbocycles. The summed E-state index contributed by atoms with van der Waals surface area (Å²) in [5, 5.41) is 0. The lowest BCUT2D eigenvalue weighted by molar-refractivity contribution is 0.866. The highest BCUT2D eigenvalue weighted by Crippen LogP contribution is 2.16. The molecule has 0 radical (unpaired) electrons. The van der Waals surface area contributed by atoms with Gasteiger partial charge < -0.3 is 0 Å². The molecule has 0 saturated heterocycles. The molecule has 0 heteroatoms. The van der Waals surface area contributed by atoms with Crippen molar-refractivity contribution in [1.82, 2.24) is 0 Å². The average molecular weight is 206 g/mol. The molecule has 0 rings (SSSR count). The SMILES string of the molecule is C=C(C)CCC(=CCCC)CC=C(C)C. The molecule has 0 spiro atoms. The van der Waals surface area contributed by atoms with Gasteiger partial charge in [-0.2, -0.15) is 0 Å². The summed E-state index contributed by atoms with van der Waals surface area (Å²) >= 11 is 0. The molecule has 0 aromatic rings. The van der Waals surface area contributed by atoms with Crippen molar-refractivity contribution in [2.24, 2.45) is 0 Å². The van der Waals surface area contributed by atoms with Crippen molar-refractivity contribution in [2.45, 2.75) is 59.8 Å². The molecule has 0 amide bonds. The van der Waals surface area contributed by atoms with E-state index in [0.29, 0.717) is 0 Å². The van der Waals surface area contributed by atoms with E-state index in [2.05, 4.69) is 46.4 Å². The fourth-order valence-electron chi connectivity index (χ4n) is 1.35. The molecule has 0 aromatic carbocycles. The maximum Gasteiger partial charge on any atom is -0.0136 e. The Kier molecular flexibility index (Phi) is 8.08. The van der Waals surface area contributed by atoms with Crippen molar-refractivity contribution in [3.05, 3.63) is 35.5 Å². The van der Waals surface area contributed by atoms with Crippen molar-refractivity contribution in [1.29, 1.82) is 0 Å². The van der Waals surface area contributed by atoms with Crippen molar-refractivity contribution in [2.75, 3.05) is 0 Å². The van der Waals surface area contributed by atoms with E-state index >= 15 is 0 Å². The van der Waals surface area contributed by atoms with Gasteiger partial charge in [-0.05, 0) is 46.5 Å². The summed E-state index contributed by atoms with van der Waals surface area (Å²) in [6.07, 6.45) is 10.6. The van der Waals surface area contributed by atoms with Gasteiger partial charge in [0.15, 0.2) is 0 Å². The van der Waals surface area contributed by atoms with Gasteiger partial charge in [-0.1, -0.05) is 42.2 Å². The Labute approximate surface area is 95.8 Å². The molecule has 0 bridgehead atoms. The van der Waals surface area contributed by atoms with Gasteiger partial charge in [-0.25, -0.2) is 0 Å². The maximum absolute atomic E-state index is 3.96. The standard InChI is InChI=1S/C15H26/c1-6-7-8-15(11-9-13(2)3)12-10-14(4)5/h8,10H,2,6-7,9,11-12H2,1,3-5H3.